The average molecular weight is 460 g/mol. The van der Waals surface area contributed by atoms with Crippen LogP contribution in [0.5, 0.6) is 5.75 Å². The zero-order valence-electron chi connectivity index (χ0n) is 16.4. The van der Waals surface area contributed by atoms with Crippen LogP contribution in [0.1, 0.15) is 15.9 Å². The zero-order valence-corrected chi connectivity index (χ0v) is 17.9. The molecule has 0 unspecified atom stereocenters. The van der Waals surface area contributed by atoms with Gasteiger partial charge in [0.25, 0.3) is 10.0 Å². The Morgan fingerprint density at radius 2 is 1.65 bits per heavy atom. The van der Waals surface area contributed by atoms with Gasteiger partial charge in [-0.1, -0.05) is 41.9 Å². The summed E-state index contributed by atoms with van der Waals surface area (Å²) in [6, 6.07) is 18.3. The Hall–Kier alpha value is -3.36. The molecule has 0 radical (unpaired) electrons. The summed E-state index contributed by atoms with van der Waals surface area (Å²) in [5.41, 5.74) is 0.627. The fourth-order valence-corrected chi connectivity index (χ4v) is 3.91. The molecular weight excluding hydrogens is 442 g/mol. The maximum absolute atomic E-state index is 12.9. The first-order valence-corrected chi connectivity index (χ1v) is 10.9. The van der Waals surface area contributed by atoms with Crippen LogP contribution in [0.15, 0.2) is 77.7 Å². The van der Waals surface area contributed by atoms with Crippen molar-refractivity contribution < 1.29 is 27.5 Å². The van der Waals surface area contributed by atoms with E-state index < -0.39 is 16.0 Å². The van der Waals surface area contributed by atoms with Crippen molar-refractivity contribution in [1.29, 1.82) is 0 Å². The van der Waals surface area contributed by atoms with Gasteiger partial charge in [0, 0.05) is 16.1 Å². The summed E-state index contributed by atoms with van der Waals surface area (Å²) in [6.45, 7) is -0.295. The van der Waals surface area contributed by atoms with Crippen molar-refractivity contribution in [3.05, 3.63) is 88.9 Å². The van der Waals surface area contributed by atoms with E-state index in [4.69, 9.17) is 16.3 Å². The minimum atomic E-state index is -4.01. The number of anilines is 1. The normalized spacial score (nSPS) is 10.9. The molecule has 0 aliphatic carbocycles. The molecule has 0 bridgehead atoms. The number of rotatable bonds is 8. The molecule has 0 saturated carbocycles. The molecule has 9 heteroatoms. The molecule has 7 nitrogen and oxygen atoms in total. The molecule has 3 aromatic carbocycles. The fraction of sp³-hybridized carbons (Fsp3) is 0.0909. The van der Waals surface area contributed by atoms with Crippen LogP contribution < -0.4 is 9.46 Å². The van der Waals surface area contributed by atoms with Gasteiger partial charge in [-0.3, -0.25) is 9.52 Å². The summed E-state index contributed by atoms with van der Waals surface area (Å²) in [7, 11) is -2.77. The molecule has 0 aliphatic rings. The standard InChI is InChI=1S/C22H18ClNO6S/c1-29-21(25)14-30-17-8-10-18(11-9-17)31(27,28)24-20-12-7-16(23)13-19(20)22(26)15-5-3-2-4-6-15/h2-13,24H,14H2,1H3. The SMILES string of the molecule is COC(=O)COc1ccc(S(=O)(=O)Nc2ccc(Cl)cc2C(=O)c2ccccc2)cc1. The second-order valence-electron chi connectivity index (χ2n) is 6.33. The molecule has 3 aromatic rings. The highest BCUT2D eigenvalue weighted by Crippen LogP contribution is 2.26. The first kappa shape index (κ1) is 22.3. The number of esters is 1. The third-order valence-electron chi connectivity index (χ3n) is 4.22. The van der Waals surface area contributed by atoms with Crippen molar-refractivity contribution >= 4 is 39.1 Å². The van der Waals surface area contributed by atoms with Gasteiger partial charge in [-0.2, -0.15) is 0 Å². The number of halogens is 1. The summed E-state index contributed by atoms with van der Waals surface area (Å²) in [4.78, 5) is 24.0. The highest BCUT2D eigenvalue weighted by Gasteiger charge is 2.20. The quantitative estimate of drug-likeness (QED) is 0.405. The molecule has 0 saturated heterocycles. The van der Waals surface area contributed by atoms with Crippen molar-refractivity contribution in [3.63, 3.8) is 0 Å². The molecular formula is C22H18ClNO6S. The predicted octanol–water partition coefficient (Wildman–Crippen LogP) is 3.92. The summed E-state index contributed by atoms with van der Waals surface area (Å²) in [5, 5.41) is 0.300. The Morgan fingerprint density at radius 1 is 0.968 bits per heavy atom. The van der Waals surface area contributed by atoms with Crippen LogP contribution >= 0.6 is 11.6 Å². The highest BCUT2D eigenvalue weighted by molar-refractivity contribution is 7.92. The molecule has 0 aromatic heterocycles. The number of benzene rings is 3. The van der Waals surface area contributed by atoms with Crippen LogP contribution in [0.4, 0.5) is 5.69 Å². The lowest BCUT2D eigenvalue weighted by Crippen LogP contribution is -2.16. The molecule has 0 aliphatic heterocycles. The van der Waals surface area contributed by atoms with Crippen molar-refractivity contribution in [2.75, 3.05) is 18.4 Å². The van der Waals surface area contributed by atoms with Gasteiger partial charge in [0.15, 0.2) is 12.4 Å². The van der Waals surface area contributed by atoms with Crippen LogP contribution in [0.2, 0.25) is 5.02 Å². The van der Waals surface area contributed by atoms with Crippen LogP contribution in [0.25, 0.3) is 0 Å². The smallest absolute Gasteiger partial charge is 0.343 e. The van der Waals surface area contributed by atoms with E-state index in [0.717, 1.165) is 0 Å². The van der Waals surface area contributed by atoms with E-state index in [2.05, 4.69) is 9.46 Å². The maximum Gasteiger partial charge on any atom is 0.343 e. The number of carbonyl (C=O) groups excluding carboxylic acids is 2. The fourth-order valence-electron chi connectivity index (χ4n) is 2.66. The minimum Gasteiger partial charge on any atom is -0.482 e. The van der Waals surface area contributed by atoms with Crippen LogP contribution in [-0.4, -0.2) is 33.9 Å². The Balaban J connectivity index is 1.85. The predicted molar refractivity (Wildman–Crippen MR) is 116 cm³/mol. The second-order valence-corrected chi connectivity index (χ2v) is 8.45. The Labute approximate surface area is 184 Å². The maximum atomic E-state index is 12.9. The van der Waals surface area contributed by atoms with Gasteiger partial charge in [0.1, 0.15) is 5.75 Å². The van der Waals surface area contributed by atoms with Gasteiger partial charge in [0.05, 0.1) is 17.7 Å². The molecule has 0 atom stereocenters. The molecule has 31 heavy (non-hydrogen) atoms. The lowest BCUT2D eigenvalue weighted by Gasteiger charge is -2.13. The van der Waals surface area contributed by atoms with Gasteiger partial charge < -0.3 is 9.47 Å². The number of sulfonamides is 1. The van der Waals surface area contributed by atoms with Crippen LogP contribution in [-0.2, 0) is 19.6 Å². The van der Waals surface area contributed by atoms with Crippen molar-refractivity contribution in [2.24, 2.45) is 0 Å². The van der Waals surface area contributed by atoms with Crippen LogP contribution in [0, 0.1) is 0 Å². The van der Waals surface area contributed by atoms with E-state index in [-0.39, 0.29) is 28.5 Å². The van der Waals surface area contributed by atoms with E-state index in [1.807, 2.05) is 0 Å². The lowest BCUT2D eigenvalue weighted by atomic mass is 10.0. The Kier molecular flexibility index (Phi) is 6.94. The van der Waals surface area contributed by atoms with Gasteiger partial charge in [-0.25, -0.2) is 13.2 Å². The number of hydrogen-bond donors (Lipinski definition) is 1. The Bertz CT molecular complexity index is 1190. The highest BCUT2D eigenvalue weighted by atomic mass is 35.5. The van der Waals surface area contributed by atoms with Gasteiger partial charge in [-0.05, 0) is 42.5 Å². The third kappa shape index (κ3) is 5.62. The number of methoxy groups -OCH3 is 1. The zero-order chi connectivity index (χ0) is 22.4. The molecule has 1 N–H and O–H groups in total. The first-order valence-electron chi connectivity index (χ1n) is 9.02. The second kappa shape index (κ2) is 9.63. The van der Waals surface area contributed by atoms with Gasteiger partial charge >= 0.3 is 5.97 Å². The van der Waals surface area contributed by atoms with E-state index in [9.17, 15) is 18.0 Å². The van der Waals surface area contributed by atoms with Crippen molar-refractivity contribution in [2.45, 2.75) is 4.90 Å². The summed E-state index contributed by atoms with van der Waals surface area (Å²) in [6.07, 6.45) is 0. The minimum absolute atomic E-state index is 0.0500. The van der Waals surface area contributed by atoms with Crippen molar-refractivity contribution in [1.82, 2.24) is 0 Å². The van der Waals surface area contributed by atoms with Crippen LogP contribution in [0.3, 0.4) is 0 Å². The average Bonchev–Trinajstić information content (AvgIpc) is 2.79. The van der Waals surface area contributed by atoms with Gasteiger partial charge in [0.2, 0.25) is 0 Å². The monoisotopic (exact) mass is 459 g/mol. The summed E-state index contributed by atoms with van der Waals surface area (Å²) >= 11 is 6.04. The number of hydrogen-bond acceptors (Lipinski definition) is 6. The molecule has 0 amide bonds. The van der Waals surface area contributed by atoms with E-state index in [1.54, 1.807) is 30.3 Å². The topological polar surface area (TPSA) is 98.8 Å². The molecule has 0 spiro atoms. The Morgan fingerprint density at radius 3 is 2.29 bits per heavy atom. The largest absolute Gasteiger partial charge is 0.482 e. The number of carbonyl (C=O) groups is 2. The summed E-state index contributed by atoms with van der Waals surface area (Å²) < 4.78 is 37.8. The van der Waals surface area contributed by atoms with Crippen molar-refractivity contribution in [3.8, 4) is 5.75 Å². The molecule has 0 fully saturated rings. The van der Waals surface area contributed by atoms with E-state index in [0.29, 0.717) is 16.3 Å². The number of nitrogens with one attached hydrogen (secondary N) is 1. The first-order chi connectivity index (χ1) is 14.8. The molecule has 0 heterocycles. The van der Waals surface area contributed by atoms with Gasteiger partial charge in [-0.15, -0.1) is 0 Å². The molecule has 160 valence electrons. The van der Waals surface area contributed by atoms with E-state index in [1.165, 1.54) is 49.6 Å². The third-order valence-corrected chi connectivity index (χ3v) is 5.84. The number of ether oxygens (including phenoxy) is 2. The number of ketones is 1. The summed E-state index contributed by atoms with van der Waals surface area (Å²) in [5.74, 6) is -0.625. The lowest BCUT2D eigenvalue weighted by molar-refractivity contribution is -0.142. The van der Waals surface area contributed by atoms with E-state index >= 15 is 0 Å². The molecule has 3 rings (SSSR count).